The third kappa shape index (κ3) is 4.00. The summed E-state index contributed by atoms with van der Waals surface area (Å²) < 4.78 is 15.9. The first-order valence-electron chi connectivity index (χ1n) is 9.29. The molecule has 0 radical (unpaired) electrons. The maximum atomic E-state index is 12.1. The van der Waals surface area contributed by atoms with E-state index in [2.05, 4.69) is 4.98 Å². The molecule has 0 aliphatic rings. The highest BCUT2D eigenvalue weighted by Crippen LogP contribution is 2.27. The molecule has 0 aliphatic carbocycles. The fourth-order valence-electron chi connectivity index (χ4n) is 3.24. The van der Waals surface area contributed by atoms with Crippen LogP contribution >= 0.6 is 11.6 Å². The first-order chi connectivity index (χ1) is 14.4. The molecule has 2 aromatic heterocycles. The molecule has 0 saturated heterocycles. The number of para-hydroxylation sites is 1. The smallest absolute Gasteiger partial charge is 0.344 e. The van der Waals surface area contributed by atoms with Crippen molar-refractivity contribution in [2.24, 2.45) is 0 Å². The molecule has 0 N–H and O–H groups in total. The summed E-state index contributed by atoms with van der Waals surface area (Å²) in [5.74, 6) is -0.171. The fourth-order valence-corrected chi connectivity index (χ4v) is 3.44. The minimum Gasteiger partial charge on any atom is -0.482 e. The van der Waals surface area contributed by atoms with Gasteiger partial charge in [0.2, 0.25) is 0 Å². The Hall–Kier alpha value is -3.38. The summed E-state index contributed by atoms with van der Waals surface area (Å²) in [4.78, 5) is 28.2. The lowest BCUT2D eigenvalue weighted by molar-refractivity contribution is -0.147. The average Bonchev–Trinajstić information content (AvgIpc) is 2.73. The van der Waals surface area contributed by atoms with Crippen LogP contribution in [0, 0.1) is 13.8 Å². The number of aromatic nitrogens is 1. The molecule has 6 nitrogen and oxygen atoms in total. The van der Waals surface area contributed by atoms with E-state index in [1.54, 1.807) is 18.2 Å². The number of hydrogen-bond donors (Lipinski definition) is 0. The Morgan fingerprint density at radius 1 is 1.10 bits per heavy atom. The third-order valence-corrected chi connectivity index (χ3v) is 5.30. The summed E-state index contributed by atoms with van der Waals surface area (Å²) >= 11 is 6.39. The number of benzene rings is 2. The molecule has 0 bridgehead atoms. The predicted molar refractivity (Wildman–Crippen MR) is 114 cm³/mol. The Balaban J connectivity index is 1.42. The highest BCUT2D eigenvalue weighted by molar-refractivity contribution is 6.32. The minimum absolute atomic E-state index is 0.0571. The molecular formula is C23H18ClNO5. The predicted octanol–water partition coefficient (Wildman–Crippen LogP) is 4.73. The minimum atomic E-state index is -0.565. The third-order valence-electron chi connectivity index (χ3n) is 4.80. The Bertz CT molecular complexity index is 1330. The van der Waals surface area contributed by atoms with Gasteiger partial charge in [-0.3, -0.25) is 0 Å². The van der Waals surface area contributed by atoms with Gasteiger partial charge in [-0.2, -0.15) is 0 Å². The van der Waals surface area contributed by atoms with Crippen molar-refractivity contribution in [2.45, 2.75) is 20.5 Å². The maximum absolute atomic E-state index is 12.1. The fraction of sp³-hybridized carbons (Fsp3) is 0.174. The van der Waals surface area contributed by atoms with Gasteiger partial charge in [-0.15, -0.1) is 0 Å². The van der Waals surface area contributed by atoms with E-state index in [0.717, 1.165) is 27.4 Å². The van der Waals surface area contributed by atoms with Crippen LogP contribution in [0.1, 0.15) is 16.8 Å². The van der Waals surface area contributed by atoms with Gasteiger partial charge in [-0.1, -0.05) is 29.8 Å². The van der Waals surface area contributed by atoms with E-state index >= 15 is 0 Å². The van der Waals surface area contributed by atoms with Gasteiger partial charge < -0.3 is 13.9 Å². The van der Waals surface area contributed by atoms with E-state index in [1.165, 1.54) is 6.07 Å². The summed E-state index contributed by atoms with van der Waals surface area (Å²) in [7, 11) is 0. The number of carbonyl (C=O) groups is 1. The number of nitrogens with zero attached hydrogens (tertiary/aromatic N) is 1. The van der Waals surface area contributed by atoms with Crippen LogP contribution in [0.4, 0.5) is 0 Å². The van der Waals surface area contributed by atoms with Crippen molar-refractivity contribution < 1.29 is 18.7 Å². The highest BCUT2D eigenvalue weighted by Gasteiger charge is 2.13. The second kappa shape index (κ2) is 8.16. The van der Waals surface area contributed by atoms with E-state index in [0.29, 0.717) is 22.0 Å². The maximum Gasteiger partial charge on any atom is 0.344 e. The highest BCUT2D eigenvalue weighted by atomic mass is 35.5. The molecule has 2 heterocycles. The lowest BCUT2D eigenvalue weighted by Gasteiger charge is -2.11. The molecule has 0 fully saturated rings. The summed E-state index contributed by atoms with van der Waals surface area (Å²) in [5, 5.41) is 2.23. The molecule has 0 aliphatic heterocycles. The molecule has 152 valence electrons. The number of halogens is 1. The van der Waals surface area contributed by atoms with Crippen LogP contribution < -0.4 is 10.4 Å². The van der Waals surface area contributed by atoms with Crippen LogP contribution in [-0.4, -0.2) is 17.6 Å². The Morgan fingerprint density at radius 3 is 2.73 bits per heavy atom. The monoisotopic (exact) mass is 423 g/mol. The molecule has 7 heteroatoms. The van der Waals surface area contributed by atoms with Crippen LogP contribution in [0.5, 0.6) is 5.75 Å². The quantitative estimate of drug-likeness (QED) is 0.341. The molecule has 0 spiro atoms. The first kappa shape index (κ1) is 19.9. The van der Waals surface area contributed by atoms with Crippen LogP contribution in [0.15, 0.2) is 57.7 Å². The van der Waals surface area contributed by atoms with Crippen molar-refractivity contribution in [2.75, 3.05) is 6.61 Å². The number of hydrogen-bond acceptors (Lipinski definition) is 6. The van der Waals surface area contributed by atoms with E-state index in [9.17, 15) is 9.59 Å². The number of aryl methyl sites for hydroxylation is 2. The normalized spacial score (nSPS) is 11.0. The van der Waals surface area contributed by atoms with Gasteiger partial charge in [0, 0.05) is 22.9 Å². The van der Waals surface area contributed by atoms with E-state index in [1.807, 2.05) is 38.1 Å². The zero-order chi connectivity index (χ0) is 21.3. The number of rotatable bonds is 5. The van der Waals surface area contributed by atoms with Crippen molar-refractivity contribution in [1.29, 1.82) is 0 Å². The van der Waals surface area contributed by atoms with Gasteiger partial charge in [0.15, 0.2) is 6.61 Å². The number of fused-ring (bicyclic) bond motifs is 2. The van der Waals surface area contributed by atoms with Crippen molar-refractivity contribution in [3.63, 3.8) is 0 Å². The SMILES string of the molecule is Cc1c(Cl)c(COC(=O)COc2ccc3c(C)cc(=O)oc3c2)nc2ccccc12. The molecule has 0 amide bonds. The van der Waals surface area contributed by atoms with Gasteiger partial charge in [-0.05, 0) is 43.2 Å². The van der Waals surface area contributed by atoms with Crippen LogP contribution in [0.25, 0.3) is 21.9 Å². The Kier molecular flexibility index (Phi) is 5.42. The summed E-state index contributed by atoms with van der Waals surface area (Å²) in [5.41, 5.74) is 2.93. The number of esters is 1. The zero-order valence-electron chi connectivity index (χ0n) is 16.4. The summed E-state index contributed by atoms with van der Waals surface area (Å²) in [6, 6.07) is 14.1. The van der Waals surface area contributed by atoms with E-state index < -0.39 is 11.6 Å². The van der Waals surface area contributed by atoms with Crippen LogP contribution in [0.2, 0.25) is 5.02 Å². The van der Waals surface area contributed by atoms with Gasteiger partial charge in [-0.25, -0.2) is 14.6 Å². The topological polar surface area (TPSA) is 78.6 Å². The number of pyridine rings is 1. The summed E-state index contributed by atoms with van der Waals surface area (Å²) in [6.07, 6.45) is 0. The van der Waals surface area contributed by atoms with E-state index in [-0.39, 0.29) is 13.2 Å². The molecule has 0 unspecified atom stereocenters. The summed E-state index contributed by atoms with van der Waals surface area (Å²) in [6.45, 7) is 3.37. The van der Waals surface area contributed by atoms with Crippen molar-refractivity contribution in [1.82, 2.24) is 4.98 Å². The van der Waals surface area contributed by atoms with Crippen molar-refractivity contribution in [3.05, 3.63) is 80.8 Å². The molecule has 0 saturated carbocycles. The van der Waals surface area contributed by atoms with E-state index in [4.69, 9.17) is 25.5 Å². The molecule has 4 rings (SSSR count). The second-order valence-electron chi connectivity index (χ2n) is 6.87. The lowest BCUT2D eigenvalue weighted by Crippen LogP contribution is -2.15. The van der Waals surface area contributed by atoms with Gasteiger partial charge in [0.05, 0.1) is 16.2 Å². The van der Waals surface area contributed by atoms with Gasteiger partial charge in [0.1, 0.15) is 17.9 Å². The Morgan fingerprint density at radius 2 is 1.90 bits per heavy atom. The largest absolute Gasteiger partial charge is 0.482 e. The molecular weight excluding hydrogens is 406 g/mol. The molecule has 4 aromatic rings. The number of ether oxygens (including phenoxy) is 2. The zero-order valence-corrected chi connectivity index (χ0v) is 17.2. The molecule has 2 aromatic carbocycles. The van der Waals surface area contributed by atoms with Crippen LogP contribution in [0.3, 0.4) is 0 Å². The van der Waals surface area contributed by atoms with Gasteiger partial charge >= 0.3 is 11.6 Å². The van der Waals surface area contributed by atoms with Gasteiger partial charge in [0.25, 0.3) is 0 Å². The van der Waals surface area contributed by atoms with Crippen molar-refractivity contribution in [3.8, 4) is 5.75 Å². The second-order valence-corrected chi connectivity index (χ2v) is 7.25. The lowest BCUT2D eigenvalue weighted by atomic mass is 10.1. The molecule has 30 heavy (non-hydrogen) atoms. The first-order valence-corrected chi connectivity index (χ1v) is 9.67. The standard InChI is InChI=1S/C23H18ClNO5/c1-13-9-21(26)30-20-10-15(7-8-16(13)20)28-12-22(27)29-11-19-23(24)14(2)17-5-3-4-6-18(17)25-19/h3-10H,11-12H2,1-2H3. The van der Waals surface area contributed by atoms with Crippen LogP contribution in [-0.2, 0) is 16.1 Å². The molecule has 0 atom stereocenters. The van der Waals surface area contributed by atoms with Crippen molar-refractivity contribution >= 4 is 39.4 Å². The number of carbonyl (C=O) groups excluding carboxylic acids is 1. The Labute approximate surface area is 177 Å². The average molecular weight is 424 g/mol.